The maximum absolute atomic E-state index is 12.7. The zero-order valence-corrected chi connectivity index (χ0v) is 17.6. The maximum Gasteiger partial charge on any atom is 0.311 e. The lowest BCUT2D eigenvalue weighted by Gasteiger charge is -2.42. The van der Waals surface area contributed by atoms with Gasteiger partial charge in [0.25, 0.3) is 0 Å². The van der Waals surface area contributed by atoms with Gasteiger partial charge in [-0.05, 0) is 52.9 Å². The Hall–Kier alpha value is -1.10. The fourth-order valence-electron chi connectivity index (χ4n) is 4.30. The molecule has 150 valence electrons. The summed E-state index contributed by atoms with van der Waals surface area (Å²) in [6.07, 6.45) is 1.86. The highest BCUT2D eigenvalue weighted by atomic mass is 16.6. The van der Waals surface area contributed by atoms with Crippen LogP contribution in [0.3, 0.4) is 0 Å². The molecule has 0 aromatic rings. The van der Waals surface area contributed by atoms with Gasteiger partial charge in [0.2, 0.25) is 0 Å². The Bertz CT molecular complexity index is 539. The summed E-state index contributed by atoms with van der Waals surface area (Å²) in [5.74, 6) is -0.237. The molecule has 26 heavy (non-hydrogen) atoms. The van der Waals surface area contributed by atoms with E-state index >= 15 is 0 Å². The van der Waals surface area contributed by atoms with Crippen LogP contribution in [0.1, 0.15) is 67.7 Å². The zero-order chi connectivity index (χ0) is 19.9. The van der Waals surface area contributed by atoms with Crippen LogP contribution in [0.5, 0.6) is 0 Å². The van der Waals surface area contributed by atoms with Gasteiger partial charge < -0.3 is 14.2 Å². The van der Waals surface area contributed by atoms with Crippen molar-refractivity contribution < 1.29 is 23.8 Å². The molecule has 0 heterocycles. The van der Waals surface area contributed by atoms with E-state index in [0.29, 0.717) is 0 Å². The van der Waals surface area contributed by atoms with Gasteiger partial charge in [-0.25, -0.2) is 0 Å². The van der Waals surface area contributed by atoms with E-state index in [1.165, 1.54) is 7.11 Å². The Labute approximate surface area is 158 Å². The summed E-state index contributed by atoms with van der Waals surface area (Å²) in [7, 11) is 1.44. The Morgan fingerprint density at radius 1 is 1.00 bits per heavy atom. The Morgan fingerprint density at radius 2 is 1.62 bits per heavy atom. The molecule has 0 radical (unpaired) electrons. The number of carbonyl (C=O) groups excluding carboxylic acids is 2. The smallest absolute Gasteiger partial charge is 0.311 e. The van der Waals surface area contributed by atoms with Crippen molar-refractivity contribution in [2.24, 2.45) is 29.1 Å². The average molecular weight is 369 g/mol. The van der Waals surface area contributed by atoms with Crippen molar-refractivity contribution in [1.82, 2.24) is 0 Å². The van der Waals surface area contributed by atoms with Gasteiger partial charge in [-0.2, -0.15) is 0 Å². The van der Waals surface area contributed by atoms with Crippen molar-refractivity contribution in [3.05, 3.63) is 0 Å². The van der Waals surface area contributed by atoms with E-state index in [0.717, 1.165) is 19.3 Å². The molecule has 5 heteroatoms. The molecule has 0 aromatic carbocycles. The quantitative estimate of drug-likeness (QED) is 0.636. The minimum absolute atomic E-state index is 0.0378. The van der Waals surface area contributed by atoms with Crippen molar-refractivity contribution in [3.63, 3.8) is 0 Å². The third-order valence-electron chi connectivity index (χ3n) is 6.87. The Kier molecular flexibility index (Phi) is 6.11. The SMILES string of the molecule is CCC(C)(C)OC1C2CC(C(C)C2C(=O)OC)C1OC(=O)C(C)(C)CC. The molecule has 0 saturated heterocycles. The first-order chi connectivity index (χ1) is 12.0. The number of ether oxygens (including phenoxy) is 3. The van der Waals surface area contributed by atoms with Crippen LogP contribution in [-0.4, -0.2) is 36.9 Å². The van der Waals surface area contributed by atoms with Crippen LogP contribution in [0, 0.1) is 29.1 Å². The van der Waals surface area contributed by atoms with E-state index in [1.54, 1.807) is 0 Å². The number of carbonyl (C=O) groups is 2. The van der Waals surface area contributed by atoms with Crippen molar-refractivity contribution in [1.29, 1.82) is 0 Å². The molecule has 0 N–H and O–H groups in total. The third-order valence-corrected chi connectivity index (χ3v) is 6.87. The lowest BCUT2D eigenvalue weighted by Crippen LogP contribution is -2.51. The second-order valence-electron chi connectivity index (χ2n) is 9.27. The van der Waals surface area contributed by atoms with Gasteiger partial charge >= 0.3 is 11.9 Å². The molecule has 0 aromatic heterocycles. The Morgan fingerprint density at radius 3 is 2.12 bits per heavy atom. The molecule has 5 nitrogen and oxygen atoms in total. The third kappa shape index (κ3) is 3.78. The van der Waals surface area contributed by atoms with E-state index < -0.39 is 5.41 Å². The molecule has 2 saturated carbocycles. The van der Waals surface area contributed by atoms with Crippen molar-refractivity contribution in [3.8, 4) is 0 Å². The summed E-state index contributed by atoms with van der Waals surface area (Å²) in [5.41, 5.74) is -0.846. The van der Waals surface area contributed by atoms with E-state index in [9.17, 15) is 9.59 Å². The first-order valence-electron chi connectivity index (χ1n) is 9.95. The molecule has 2 rings (SSSR count). The zero-order valence-electron chi connectivity index (χ0n) is 17.6. The summed E-state index contributed by atoms with van der Waals surface area (Å²) in [5, 5.41) is 0. The molecule has 0 aliphatic heterocycles. The largest absolute Gasteiger partial charge is 0.469 e. The second kappa shape index (κ2) is 7.49. The van der Waals surface area contributed by atoms with Crippen LogP contribution in [0.25, 0.3) is 0 Å². The first kappa shape index (κ1) is 21.2. The molecular weight excluding hydrogens is 332 g/mol. The van der Waals surface area contributed by atoms with Gasteiger partial charge in [0.05, 0.1) is 30.1 Å². The summed E-state index contributed by atoms with van der Waals surface area (Å²) < 4.78 is 17.5. The van der Waals surface area contributed by atoms with Gasteiger partial charge in [-0.15, -0.1) is 0 Å². The van der Waals surface area contributed by atoms with E-state index in [1.807, 2.05) is 34.6 Å². The molecule has 6 unspecified atom stereocenters. The predicted octanol–water partition coefficient (Wildman–Crippen LogP) is 3.98. The second-order valence-corrected chi connectivity index (χ2v) is 9.27. The first-order valence-corrected chi connectivity index (χ1v) is 9.95. The lowest BCUT2D eigenvalue weighted by atomic mass is 9.77. The van der Waals surface area contributed by atoms with Crippen LogP contribution >= 0.6 is 0 Å². The predicted molar refractivity (Wildman–Crippen MR) is 99.5 cm³/mol. The molecule has 2 aliphatic carbocycles. The van der Waals surface area contributed by atoms with E-state index in [-0.39, 0.29) is 53.4 Å². The van der Waals surface area contributed by atoms with Crippen molar-refractivity contribution >= 4 is 11.9 Å². The molecule has 2 bridgehead atoms. The van der Waals surface area contributed by atoms with Crippen molar-refractivity contribution in [2.45, 2.75) is 85.5 Å². The van der Waals surface area contributed by atoms with Gasteiger partial charge in [0, 0.05) is 11.8 Å². The molecule has 6 atom stereocenters. The minimum atomic E-state index is -0.516. The number of fused-ring (bicyclic) bond motifs is 2. The van der Waals surface area contributed by atoms with Gasteiger partial charge in [0.15, 0.2) is 0 Å². The topological polar surface area (TPSA) is 61.8 Å². The van der Waals surface area contributed by atoms with E-state index in [4.69, 9.17) is 14.2 Å². The van der Waals surface area contributed by atoms with Crippen molar-refractivity contribution in [2.75, 3.05) is 7.11 Å². The number of hydrogen-bond acceptors (Lipinski definition) is 5. The highest BCUT2D eigenvalue weighted by Gasteiger charge is 2.62. The summed E-state index contributed by atoms with van der Waals surface area (Å²) >= 11 is 0. The normalized spacial score (nSPS) is 34.0. The van der Waals surface area contributed by atoms with Gasteiger partial charge in [-0.1, -0.05) is 20.8 Å². The molecular formula is C21H36O5. The monoisotopic (exact) mass is 368 g/mol. The number of methoxy groups -OCH3 is 1. The highest BCUT2D eigenvalue weighted by molar-refractivity contribution is 5.76. The fourth-order valence-corrected chi connectivity index (χ4v) is 4.30. The number of esters is 2. The molecule has 0 spiro atoms. The summed E-state index contributed by atoms with van der Waals surface area (Å²) in [6.45, 7) is 14.1. The maximum atomic E-state index is 12.7. The number of hydrogen-bond donors (Lipinski definition) is 0. The molecule has 2 aliphatic rings. The Balaban J connectivity index is 2.28. The van der Waals surface area contributed by atoms with Crippen LogP contribution in [0.4, 0.5) is 0 Å². The summed E-state index contributed by atoms with van der Waals surface area (Å²) in [4.78, 5) is 25.1. The summed E-state index contributed by atoms with van der Waals surface area (Å²) in [6, 6.07) is 0. The van der Waals surface area contributed by atoms with E-state index in [2.05, 4.69) is 13.8 Å². The number of rotatable bonds is 7. The van der Waals surface area contributed by atoms with Crippen LogP contribution < -0.4 is 0 Å². The average Bonchev–Trinajstić information content (AvgIpc) is 3.09. The minimum Gasteiger partial charge on any atom is -0.469 e. The van der Waals surface area contributed by atoms with Crippen LogP contribution in [-0.2, 0) is 23.8 Å². The van der Waals surface area contributed by atoms with Gasteiger partial charge in [-0.3, -0.25) is 9.59 Å². The van der Waals surface area contributed by atoms with Crippen LogP contribution in [0.15, 0.2) is 0 Å². The molecule has 0 amide bonds. The van der Waals surface area contributed by atoms with Crippen LogP contribution in [0.2, 0.25) is 0 Å². The van der Waals surface area contributed by atoms with Gasteiger partial charge in [0.1, 0.15) is 6.10 Å². The standard InChI is InChI=1S/C21H36O5/c1-9-20(4,5)19(23)25-16-13-11-14(15(12(13)3)18(22)24-8)17(16)26-21(6,7)10-2/h12-17H,9-11H2,1-8H3. The fraction of sp³-hybridized carbons (Fsp3) is 0.905. The lowest BCUT2D eigenvalue weighted by molar-refractivity contribution is -0.195. The molecule has 2 fully saturated rings. The highest BCUT2D eigenvalue weighted by Crippen LogP contribution is 2.55.